The Morgan fingerprint density at radius 2 is 1.89 bits per heavy atom. The fraction of sp³-hybridized carbons (Fsp3) is 0.448. The molecule has 1 aliphatic heterocycles. The van der Waals surface area contributed by atoms with E-state index in [0.29, 0.717) is 18.0 Å². The van der Waals surface area contributed by atoms with Crippen LogP contribution in [-0.4, -0.2) is 52.8 Å². The molecule has 1 aliphatic rings. The molecule has 1 aromatic heterocycles. The molecule has 204 valence electrons. The van der Waals surface area contributed by atoms with Crippen LogP contribution in [0.25, 0.3) is 11.5 Å². The topological polar surface area (TPSA) is 78.6 Å². The number of carbonyl (C=O) groups is 1. The maximum atomic E-state index is 14.8. The van der Waals surface area contributed by atoms with Gasteiger partial charge in [-0.05, 0) is 36.1 Å². The third-order valence-corrected chi connectivity index (χ3v) is 6.81. The highest BCUT2D eigenvalue weighted by Crippen LogP contribution is 2.42. The molecule has 1 amide bonds. The molecule has 0 unspecified atom stereocenters. The van der Waals surface area contributed by atoms with Crippen molar-refractivity contribution in [2.24, 2.45) is 11.3 Å². The first-order valence-corrected chi connectivity index (χ1v) is 12.8. The lowest BCUT2D eigenvalue weighted by atomic mass is 9.81. The van der Waals surface area contributed by atoms with Gasteiger partial charge in [0.05, 0.1) is 11.6 Å². The smallest absolute Gasteiger partial charge is 0.251 e. The largest absolute Gasteiger partial charge is 0.440 e. The van der Waals surface area contributed by atoms with Crippen molar-refractivity contribution in [1.29, 1.82) is 0 Å². The highest BCUT2D eigenvalue weighted by molar-refractivity contribution is 5.81. The number of amides is 1. The van der Waals surface area contributed by atoms with Crippen LogP contribution in [0, 0.1) is 23.0 Å². The monoisotopic (exact) mass is 529 g/mol. The van der Waals surface area contributed by atoms with Gasteiger partial charge >= 0.3 is 0 Å². The van der Waals surface area contributed by atoms with Crippen LogP contribution in [0.1, 0.15) is 50.8 Å². The predicted octanol–water partition coefficient (Wildman–Crippen LogP) is 5.06. The minimum atomic E-state index is -1.34. The van der Waals surface area contributed by atoms with Gasteiger partial charge in [-0.1, -0.05) is 51.1 Å². The summed E-state index contributed by atoms with van der Waals surface area (Å²) in [6.07, 6.45) is -2.21. The minimum Gasteiger partial charge on any atom is -0.440 e. The molecule has 1 saturated heterocycles. The van der Waals surface area contributed by atoms with Crippen molar-refractivity contribution >= 4 is 5.91 Å². The van der Waals surface area contributed by atoms with Crippen molar-refractivity contribution in [2.75, 3.05) is 19.6 Å². The van der Waals surface area contributed by atoms with Crippen molar-refractivity contribution in [3.63, 3.8) is 0 Å². The molecule has 0 radical (unpaired) electrons. The zero-order valence-electron chi connectivity index (χ0n) is 22.0. The molecule has 6 nitrogen and oxygen atoms in total. The Hall–Kier alpha value is -3.17. The molecule has 4 rings (SSSR count). The second kappa shape index (κ2) is 11.3. The van der Waals surface area contributed by atoms with Gasteiger partial charge < -0.3 is 19.7 Å². The average molecular weight is 530 g/mol. The molecule has 0 aliphatic carbocycles. The Labute approximate surface area is 220 Å². The van der Waals surface area contributed by atoms with E-state index in [0.717, 1.165) is 23.8 Å². The number of aliphatic hydroxyl groups is 1. The summed E-state index contributed by atoms with van der Waals surface area (Å²) in [7, 11) is 0. The Morgan fingerprint density at radius 3 is 2.50 bits per heavy atom. The maximum Gasteiger partial charge on any atom is 0.251 e. The molecule has 3 aromatic rings. The van der Waals surface area contributed by atoms with Gasteiger partial charge in [0.15, 0.2) is 0 Å². The van der Waals surface area contributed by atoms with E-state index in [1.807, 2.05) is 51.1 Å². The van der Waals surface area contributed by atoms with E-state index in [9.17, 15) is 23.1 Å². The number of carbonyl (C=O) groups excluding carboxylic acids is 1. The number of nitrogens with one attached hydrogen (secondary N) is 1. The van der Waals surface area contributed by atoms with E-state index in [1.165, 1.54) is 11.8 Å². The molecule has 0 saturated carbocycles. The number of halogens is 3. The summed E-state index contributed by atoms with van der Waals surface area (Å²) < 4.78 is 49.6. The van der Waals surface area contributed by atoms with Gasteiger partial charge in [0.1, 0.15) is 35.4 Å². The lowest BCUT2D eigenvalue weighted by molar-refractivity contribution is -0.145. The molecule has 2 aromatic carbocycles. The van der Waals surface area contributed by atoms with Crippen LogP contribution in [0.3, 0.4) is 0 Å². The van der Waals surface area contributed by atoms with Gasteiger partial charge in [0, 0.05) is 32.0 Å². The van der Waals surface area contributed by atoms with Crippen LogP contribution >= 0.6 is 0 Å². The standard InChI is InChI=1S/C29H34F3N3O3/c1-17(36)28(37)35(16-19-14-33-15-23(19)32)26(29(2,3)4)25-24(12-18-8-6-5-7-9-18)38-27(34-25)21-13-20(30)10-11-22(21)31/h5-11,13,17,19,23,26,33,36H,12,14-16H2,1-4H3/t17-,19-,23-,26+/m0/s1. The average Bonchev–Trinajstić information content (AvgIpc) is 3.45. The van der Waals surface area contributed by atoms with Crippen molar-refractivity contribution in [1.82, 2.24) is 15.2 Å². The SMILES string of the molecule is C[C@H](O)C(=O)N(C[C@@H]1CNC[C@@H]1F)[C@H](c1nc(-c2cc(F)ccc2F)oc1Cc1ccccc1)C(C)(C)C. The summed E-state index contributed by atoms with van der Waals surface area (Å²) in [5.41, 5.74) is 0.453. The second-order valence-corrected chi connectivity index (χ2v) is 11.0. The molecule has 2 N–H and O–H groups in total. The lowest BCUT2D eigenvalue weighted by Crippen LogP contribution is -2.48. The zero-order chi connectivity index (χ0) is 27.6. The van der Waals surface area contributed by atoms with Gasteiger partial charge in [0.2, 0.25) is 5.89 Å². The van der Waals surface area contributed by atoms with Gasteiger partial charge in [-0.3, -0.25) is 4.79 Å². The highest BCUT2D eigenvalue weighted by atomic mass is 19.1. The summed E-state index contributed by atoms with van der Waals surface area (Å²) in [5.74, 6) is -2.14. The van der Waals surface area contributed by atoms with E-state index >= 15 is 0 Å². The number of hydrogen-bond acceptors (Lipinski definition) is 5. The van der Waals surface area contributed by atoms with Crippen LogP contribution in [0.2, 0.25) is 0 Å². The molecule has 9 heteroatoms. The summed E-state index contributed by atoms with van der Waals surface area (Å²) in [4.78, 5) is 19.5. The van der Waals surface area contributed by atoms with Gasteiger partial charge in [0.25, 0.3) is 5.91 Å². The van der Waals surface area contributed by atoms with Gasteiger partial charge in [-0.15, -0.1) is 0 Å². The third kappa shape index (κ3) is 6.10. The number of benzene rings is 2. The summed E-state index contributed by atoms with van der Waals surface area (Å²) in [5, 5.41) is 13.3. The van der Waals surface area contributed by atoms with Crippen LogP contribution in [-0.2, 0) is 11.2 Å². The first kappa shape index (κ1) is 27.9. The normalized spacial score (nSPS) is 19.4. The predicted molar refractivity (Wildman–Crippen MR) is 138 cm³/mol. The van der Waals surface area contributed by atoms with Crippen LogP contribution in [0.4, 0.5) is 13.2 Å². The number of hydrogen-bond donors (Lipinski definition) is 2. The second-order valence-electron chi connectivity index (χ2n) is 11.0. The molecule has 38 heavy (non-hydrogen) atoms. The molecule has 2 heterocycles. The molecular formula is C29H34F3N3O3. The number of aromatic nitrogens is 1. The number of aliphatic hydroxyl groups excluding tert-OH is 1. The van der Waals surface area contributed by atoms with Gasteiger partial charge in [-0.25, -0.2) is 18.2 Å². The van der Waals surface area contributed by atoms with E-state index in [1.54, 1.807) is 0 Å². The van der Waals surface area contributed by atoms with Crippen molar-refractivity contribution in [3.05, 3.63) is 77.2 Å². The molecule has 1 fully saturated rings. The number of alkyl halides is 1. The Kier molecular flexibility index (Phi) is 8.28. The highest BCUT2D eigenvalue weighted by Gasteiger charge is 2.42. The van der Waals surface area contributed by atoms with E-state index < -0.39 is 47.2 Å². The Bertz CT molecular complexity index is 1260. The van der Waals surface area contributed by atoms with Crippen molar-refractivity contribution in [3.8, 4) is 11.5 Å². The van der Waals surface area contributed by atoms with Gasteiger partial charge in [-0.2, -0.15) is 0 Å². The number of oxazole rings is 1. The van der Waals surface area contributed by atoms with E-state index in [2.05, 4.69) is 10.3 Å². The van der Waals surface area contributed by atoms with Crippen LogP contribution in [0.5, 0.6) is 0 Å². The summed E-state index contributed by atoms with van der Waals surface area (Å²) in [6, 6.07) is 11.7. The summed E-state index contributed by atoms with van der Waals surface area (Å²) >= 11 is 0. The lowest BCUT2D eigenvalue weighted by Gasteiger charge is -2.41. The van der Waals surface area contributed by atoms with Crippen LogP contribution < -0.4 is 5.32 Å². The number of nitrogens with zero attached hydrogens (tertiary/aromatic N) is 2. The first-order valence-electron chi connectivity index (χ1n) is 12.8. The number of rotatable bonds is 8. The zero-order valence-corrected chi connectivity index (χ0v) is 22.0. The first-order chi connectivity index (χ1) is 18.0. The quantitative estimate of drug-likeness (QED) is 0.426. The Morgan fingerprint density at radius 1 is 1.18 bits per heavy atom. The Balaban J connectivity index is 1.88. The van der Waals surface area contributed by atoms with Crippen molar-refractivity contribution in [2.45, 2.75) is 52.4 Å². The summed E-state index contributed by atoms with van der Waals surface area (Å²) in [6.45, 7) is 7.71. The van der Waals surface area contributed by atoms with Crippen molar-refractivity contribution < 1.29 is 27.5 Å². The molecular weight excluding hydrogens is 495 g/mol. The van der Waals surface area contributed by atoms with E-state index in [4.69, 9.17) is 4.42 Å². The fourth-order valence-corrected chi connectivity index (χ4v) is 4.98. The van der Waals surface area contributed by atoms with E-state index in [-0.39, 0.29) is 31.0 Å². The third-order valence-electron chi connectivity index (χ3n) is 6.81. The fourth-order valence-electron chi connectivity index (χ4n) is 4.98. The molecule has 0 bridgehead atoms. The molecule has 4 atom stereocenters. The minimum absolute atomic E-state index is 0.0428. The maximum absolute atomic E-state index is 14.8. The molecule has 0 spiro atoms. The van der Waals surface area contributed by atoms with Crippen LogP contribution in [0.15, 0.2) is 52.9 Å².